The Hall–Kier alpha value is -1.49. The summed E-state index contributed by atoms with van der Waals surface area (Å²) in [4.78, 5) is 15.3. The summed E-state index contributed by atoms with van der Waals surface area (Å²) < 4.78 is 1.99. The molecule has 0 saturated carbocycles. The van der Waals surface area contributed by atoms with Crippen LogP contribution >= 0.6 is 11.8 Å². The maximum absolute atomic E-state index is 10.9. The van der Waals surface area contributed by atoms with E-state index in [1.807, 2.05) is 11.6 Å². The third kappa shape index (κ3) is 2.29. The van der Waals surface area contributed by atoms with E-state index < -0.39 is 5.97 Å². The van der Waals surface area contributed by atoms with Gasteiger partial charge in [0, 0.05) is 12.3 Å². The van der Waals surface area contributed by atoms with Crippen LogP contribution in [0.4, 0.5) is 0 Å². The molecule has 0 bridgehead atoms. The first kappa shape index (κ1) is 12.0. The molecule has 1 aromatic heterocycles. The largest absolute Gasteiger partial charge is 0.478 e. The third-order valence-electron chi connectivity index (χ3n) is 2.43. The Labute approximate surface area is 104 Å². The first-order valence-electron chi connectivity index (χ1n) is 5.35. The molecule has 17 heavy (non-hydrogen) atoms. The fourth-order valence-corrected chi connectivity index (χ4v) is 2.46. The van der Waals surface area contributed by atoms with Gasteiger partial charge in [0.2, 0.25) is 0 Å². The predicted octanol–water partition coefficient (Wildman–Crippen LogP) is 2.77. The second-order valence-corrected chi connectivity index (χ2v) is 5.67. The van der Waals surface area contributed by atoms with Crippen LogP contribution in [0.3, 0.4) is 0 Å². The predicted molar refractivity (Wildman–Crippen MR) is 68.7 cm³/mol. The van der Waals surface area contributed by atoms with Gasteiger partial charge in [-0.2, -0.15) is 0 Å². The fraction of sp³-hybridized carbons (Fsp3) is 0.333. The molecule has 0 saturated heterocycles. The van der Waals surface area contributed by atoms with Crippen LogP contribution in [0.5, 0.6) is 0 Å². The summed E-state index contributed by atoms with van der Waals surface area (Å²) in [7, 11) is 1.94. The average Bonchev–Trinajstić information content (AvgIpc) is 2.54. The van der Waals surface area contributed by atoms with Gasteiger partial charge in [0.1, 0.15) is 0 Å². The van der Waals surface area contributed by atoms with Gasteiger partial charge in [0.25, 0.3) is 0 Å². The number of rotatable bonds is 3. The number of aromatic nitrogens is 2. The van der Waals surface area contributed by atoms with E-state index in [1.54, 1.807) is 30.0 Å². The second-order valence-electron chi connectivity index (χ2n) is 4.13. The molecule has 1 N–H and O–H groups in total. The number of aromatic carboxylic acids is 1. The van der Waals surface area contributed by atoms with Crippen molar-refractivity contribution < 1.29 is 9.90 Å². The summed E-state index contributed by atoms with van der Waals surface area (Å²) in [6, 6.07) is 5.02. The number of carboxylic acid groups (broad SMARTS) is 1. The number of hydrogen-bond acceptors (Lipinski definition) is 3. The molecule has 90 valence electrons. The summed E-state index contributed by atoms with van der Waals surface area (Å²) >= 11 is 1.67. The van der Waals surface area contributed by atoms with Gasteiger partial charge in [-0.1, -0.05) is 25.6 Å². The highest BCUT2D eigenvalue weighted by atomic mass is 32.2. The molecule has 0 aliphatic heterocycles. The van der Waals surface area contributed by atoms with Crippen LogP contribution in [0.25, 0.3) is 11.0 Å². The topological polar surface area (TPSA) is 55.1 Å². The van der Waals surface area contributed by atoms with Crippen molar-refractivity contribution in [3.05, 3.63) is 23.8 Å². The van der Waals surface area contributed by atoms with Crippen molar-refractivity contribution in [3.8, 4) is 0 Å². The normalized spacial score (nSPS) is 11.3. The first-order valence-corrected chi connectivity index (χ1v) is 6.23. The van der Waals surface area contributed by atoms with Gasteiger partial charge in [-0.05, 0) is 18.2 Å². The zero-order valence-corrected chi connectivity index (χ0v) is 10.8. The Kier molecular flexibility index (Phi) is 3.11. The lowest BCUT2D eigenvalue weighted by Crippen LogP contribution is -1.96. The van der Waals surface area contributed by atoms with E-state index in [-0.39, 0.29) is 5.56 Å². The zero-order valence-electron chi connectivity index (χ0n) is 9.97. The Morgan fingerprint density at radius 2 is 2.18 bits per heavy atom. The lowest BCUT2D eigenvalue weighted by Gasteiger charge is -2.03. The number of benzene rings is 1. The zero-order chi connectivity index (χ0) is 12.6. The van der Waals surface area contributed by atoms with Crippen LogP contribution in [0, 0.1) is 0 Å². The smallest absolute Gasteiger partial charge is 0.335 e. The SMILES string of the molecule is CC(C)Sc1nc2cc(C(=O)O)ccc2n1C. The van der Waals surface area contributed by atoms with E-state index in [2.05, 4.69) is 18.8 Å². The molecule has 1 aromatic carbocycles. The average molecular weight is 250 g/mol. The molecule has 1 heterocycles. The maximum atomic E-state index is 10.9. The van der Waals surface area contributed by atoms with Crippen molar-refractivity contribution >= 4 is 28.8 Å². The Bertz CT molecular complexity index is 575. The summed E-state index contributed by atoms with van der Waals surface area (Å²) in [6.45, 7) is 4.21. The van der Waals surface area contributed by atoms with E-state index in [0.717, 1.165) is 16.2 Å². The number of nitrogens with zero attached hydrogens (tertiary/aromatic N) is 2. The molecule has 0 atom stereocenters. The van der Waals surface area contributed by atoms with Crippen LogP contribution in [-0.2, 0) is 7.05 Å². The molecular formula is C12H14N2O2S. The maximum Gasteiger partial charge on any atom is 0.335 e. The minimum atomic E-state index is -0.921. The Morgan fingerprint density at radius 3 is 2.76 bits per heavy atom. The van der Waals surface area contributed by atoms with Crippen molar-refractivity contribution in [1.82, 2.24) is 9.55 Å². The van der Waals surface area contributed by atoms with Gasteiger partial charge in [-0.25, -0.2) is 9.78 Å². The van der Waals surface area contributed by atoms with Crippen LogP contribution in [0.15, 0.2) is 23.4 Å². The molecular weight excluding hydrogens is 236 g/mol. The van der Waals surface area contributed by atoms with E-state index >= 15 is 0 Å². The monoisotopic (exact) mass is 250 g/mol. The second kappa shape index (κ2) is 4.41. The molecule has 0 spiro atoms. The number of carbonyl (C=O) groups is 1. The van der Waals surface area contributed by atoms with Crippen molar-refractivity contribution in [2.75, 3.05) is 0 Å². The van der Waals surface area contributed by atoms with Gasteiger partial charge < -0.3 is 9.67 Å². The summed E-state index contributed by atoms with van der Waals surface area (Å²) in [6.07, 6.45) is 0. The molecule has 0 amide bonds. The van der Waals surface area contributed by atoms with Gasteiger partial charge in [0.05, 0.1) is 16.6 Å². The quantitative estimate of drug-likeness (QED) is 0.851. The van der Waals surface area contributed by atoms with E-state index in [9.17, 15) is 4.79 Å². The van der Waals surface area contributed by atoms with Gasteiger partial charge in [-0.3, -0.25) is 0 Å². The molecule has 2 rings (SSSR count). The highest BCUT2D eigenvalue weighted by molar-refractivity contribution is 7.99. The first-order chi connectivity index (χ1) is 7.99. The molecule has 0 aliphatic carbocycles. The van der Waals surface area contributed by atoms with Crippen LogP contribution in [0.2, 0.25) is 0 Å². The molecule has 0 unspecified atom stereocenters. The Balaban J connectivity index is 2.53. The van der Waals surface area contributed by atoms with Gasteiger partial charge in [-0.15, -0.1) is 0 Å². The number of carboxylic acids is 1. The number of thioether (sulfide) groups is 1. The van der Waals surface area contributed by atoms with Crippen LogP contribution in [0.1, 0.15) is 24.2 Å². The van der Waals surface area contributed by atoms with Gasteiger partial charge >= 0.3 is 5.97 Å². The number of aryl methyl sites for hydroxylation is 1. The molecule has 4 nitrogen and oxygen atoms in total. The minimum Gasteiger partial charge on any atom is -0.478 e. The lowest BCUT2D eigenvalue weighted by molar-refractivity contribution is 0.0697. The van der Waals surface area contributed by atoms with E-state index in [4.69, 9.17) is 5.11 Å². The number of hydrogen-bond donors (Lipinski definition) is 1. The molecule has 0 fully saturated rings. The van der Waals surface area contributed by atoms with Crippen molar-refractivity contribution in [1.29, 1.82) is 0 Å². The van der Waals surface area contributed by atoms with Crippen molar-refractivity contribution in [2.24, 2.45) is 7.05 Å². The Morgan fingerprint density at radius 1 is 1.47 bits per heavy atom. The summed E-state index contributed by atoms with van der Waals surface area (Å²) in [5, 5.41) is 10.3. The third-order valence-corrected chi connectivity index (χ3v) is 3.48. The highest BCUT2D eigenvalue weighted by Gasteiger charge is 2.12. The van der Waals surface area contributed by atoms with Crippen LogP contribution < -0.4 is 0 Å². The highest BCUT2D eigenvalue weighted by Crippen LogP contribution is 2.26. The fourth-order valence-electron chi connectivity index (χ4n) is 1.63. The van der Waals surface area contributed by atoms with Crippen molar-refractivity contribution in [3.63, 3.8) is 0 Å². The lowest BCUT2D eigenvalue weighted by atomic mass is 10.2. The summed E-state index contributed by atoms with van der Waals surface area (Å²) in [5.74, 6) is -0.921. The molecule has 0 radical (unpaired) electrons. The van der Waals surface area contributed by atoms with Crippen molar-refractivity contribution in [2.45, 2.75) is 24.3 Å². The minimum absolute atomic E-state index is 0.275. The number of fused-ring (bicyclic) bond motifs is 1. The van der Waals surface area contributed by atoms with E-state index in [1.165, 1.54) is 0 Å². The standard InChI is InChI=1S/C12H14N2O2S/c1-7(2)17-12-13-9-6-8(11(15)16)4-5-10(9)14(12)3/h4-7H,1-3H3,(H,15,16). The van der Waals surface area contributed by atoms with Crippen LogP contribution in [-0.4, -0.2) is 25.9 Å². The molecule has 2 aromatic rings. The molecule has 0 aliphatic rings. The molecule has 5 heteroatoms. The van der Waals surface area contributed by atoms with Gasteiger partial charge in [0.15, 0.2) is 5.16 Å². The summed E-state index contributed by atoms with van der Waals surface area (Å²) in [5.41, 5.74) is 1.96. The van der Waals surface area contributed by atoms with E-state index in [0.29, 0.717) is 5.25 Å². The number of imidazole rings is 1.